The average Bonchev–Trinajstić information content (AvgIpc) is 2.58. The van der Waals surface area contributed by atoms with Crippen LogP contribution in [-0.2, 0) is 0 Å². The van der Waals surface area contributed by atoms with Crippen molar-refractivity contribution >= 4 is 22.6 Å². The number of carbonyl (C=O) groups is 2. The zero-order valence-electron chi connectivity index (χ0n) is 13.0. The van der Waals surface area contributed by atoms with E-state index in [2.05, 4.69) is 5.32 Å². The van der Waals surface area contributed by atoms with Gasteiger partial charge < -0.3 is 11.1 Å². The van der Waals surface area contributed by atoms with E-state index in [-0.39, 0.29) is 11.8 Å². The van der Waals surface area contributed by atoms with Crippen LogP contribution in [0.5, 0.6) is 0 Å². The van der Waals surface area contributed by atoms with Gasteiger partial charge in [0.05, 0.1) is 0 Å². The maximum absolute atomic E-state index is 12.6. The summed E-state index contributed by atoms with van der Waals surface area (Å²) < 4.78 is 0. The Labute approximate surface area is 135 Å². The first-order valence-electron chi connectivity index (χ1n) is 8.03. The van der Waals surface area contributed by atoms with Gasteiger partial charge in [-0.1, -0.05) is 24.3 Å². The summed E-state index contributed by atoms with van der Waals surface area (Å²) in [7, 11) is 0. The molecule has 0 unspecified atom stereocenters. The van der Waals surface area contributed by atoms with Gasteiger partial charge in [0.25, 0.3) is 11.8 Å². The van der Waals surface area contributed by atoms with E-state index in [4.69, 9.17) is 5.73 Å². The second kappa shape index (κ2) is 6.89. The smallest absolute Gasteiger partial charge is 0.261 e. The van der Waals surface area contributed by atoms with E-state index >= 15 is 0 Å². The van der Waals surface area contributed by atoms with Crippen LogP contribution < -0.4 is 11.1 Å². The molecule has 0 aliphatic carbocycles. The molecule has 120 valence electrons. The van der Waals surface area contributed by atoms with Gasteiger partial charge in [-0.25, -0.2) is 0 Å². The van der Waals surface area contributed by atoms with Crippen molar-refractivity contribution in [2.45, 2.75) is 12.8 Å². The number of amides is 2. The molecule has 0 saturated carbocycles. The molecular weight excluding hydrogens is 290 g/mol. The summed E-state index contributed by atoms with van der Waals surface area (Å²) in [4.78, 5) is 26.7. The SMILES string of the molecule is NCCCNCCCN1C(=O)c2cccc3cccc(c23)C1=O. The molecule has 0 aromatic heterocycles. The molecule has 0 bridgehead atoms. The molecule has 1 aliphatic heterocycles. The molecule has 2 aromatic rings. The number of benzene rings is 2. The monoisotopic (exact) mass is 311 g/mol. The fraction of sp³-hybridized carbons (Fsp3) is 0.333. The standard InChI is InChI=1S/C18H21N3O2/c19-9-3-10-20-11-4-12-21-17(22)14-7-1-5-13-6-2-8-15(16(13)14)18(21)23/h1-2,5-8,20H,3-4,9-12,19H2. The van der Waals surface area contributed by atoms with Crippen molar-refractivity contribution in [1.29, 1.82) is 0 Å². The van der Waals surface area contributed by atoms with Crippen molar-refractivity contribution < 1.29 is 9.59 Å². The fourth-order valence-electron chi connectivity index (χ4n) is 3.00. The minimum absolute atomic E-state index is 0.193. The number of imide groups is 1. The lowest BCUT2D eigenvalue weighted by molar-refractivity contribution is 0.0609. The Bertz CT molecular complexity index is 691. The highest BCUT2D eigenvalue weighted by molar-refractivity contribution is 6.25. The van der Waals surface area contributed by atoms with E-state index in [1.54, 1.807) is 12.1 Å². The molecule has 0 atom stereocenters. The van der Waals surface area contributed by atoms with Gasteiger partial charge in [-0.2, -0.15) is 0 Å². The van der Waals surface area contributed by atoms with Gasteiger partial charge >= 0.3 is 0 Å². The number of nitrogens with one attached hydrogen (secondary N) is 1. The van der Waals surface area contributed by atoms with Gasteiger partial charge in [-0.3, -0.25) is 14.5 Å². The third kappa shape index (κ3) is 2.98. The number of carbonyl (C=O) groups excluding carboxylic acids is 2. The maximum Gasteiger partial charge on any atom is 0.261 e. The van der Waals surface area contributed by atoms with E-state index in [9.17, 15) is 9.59 Å². The van der Waals surface area contributed by atoms with E-state index < -0.39 is 0 Å². The van der Waals surface area contributed by atoms with Gasteiger partial charge in [0, 0.05) is 23.1 Å². The van der Waals surface area contributed by atoms with Crippen molar-refractivity contribution in [3.8, 4) is 0 Å². The third-order valence-corrected chi connectivity index (χ3v) is 4.15. The highest BCUT2D eigenvalue weighted by Gasteiger charge is 2.31. The number of rotatable bonds is 7. The normalized spacial score (nSPS) is 13.9. The van der Waals surface area contributed by atoms with Gasteiger partial charge in [0.2, 0.25) is 0 Å². The van der Waals surface area contributed by atoms with Gasteiger partial charge in [-0.05, 0) is 50.0 Å². The number of nitrogens with zero attached hydrogens (tertiary/aromatic N) is 1. The Balaban J connectivity index is 1.75. The Morgan fingerprint density at radius 2 is 1.52 bits per heavy atom. The van der Waals surface area contributed by atoms with Crippen LogP contribution >= 0.6 is 0 Å². The predicted octanol–water partition coefficient (Wildman–Crippen LogP) is 1.76. The molecule has 23 heavy (non-hydrogen) atoms. The van der Waals surface area contributed by atoms with Crippen molar-refractivity contribution in [1.82, 2.24) is 10.2 Å². The summed E-state index contributed by atoms with van der Waals surface area (Å²) in [6.45, 7) is 2.72. The van der Waals surface area contributed by atoms with Crippen molar-refractivity contribution in [2.75, 3.05) is 26.2 Å². The topological polar surface area (TPSA) is 75.4 Å². The number of hydrogen-bond donors (Lipinski definition) is 2. The predicted molar refractivity (Wildman–Crippen MR) is 90.5 cm³/mol. The molecule has 1 aliphatic rings. The van der Waals surface area contributed by atoms with E-state index in [1.165, 1.54) is 4.90 Å². The van der Waals surface area contributed by atoms with Crippen LogP contribution in [0, 0.1) is 0 Å². The summed E-state index contributed by atoms with van der Waals surface area (Å²) >= 11 is 0. The Morgan fingerprint density at radius 1 is 0.913 bits per heavy atom. The Hall–Kier alpha value is -2.24. The molecule has 0 spiro atoms. The molecule has 5 heteroatoms. The quantitative estimate of drug-likeness (QED) is 0.603. The highest BCUT2D eigenvalue weighted by atomic mass is 16.2. The van der Waals surface area contributed by atoms with Crippen molar-refractivity contribution in [3.63, 3.8) is 0 Å². The Morgan fingerprint density at radius 3 is 2.13 bits per heavy atom. The molecule has 1 heterocycles. The molecule has 3 N–H and O–H groups in total. The molecule has 2 amide bonds. The van der Waals surface area contributed by atoms with E-state index in [0.717, 1.165) is 36.7 Å². The lowest BCUT2D eigenvalue weighted by Gasteiger charge is -2.27. The van der Waals surface area contributed by atoms with Gasteiger partial charge in [0.15, 0.2) is 0 Å². The van der Waals surface area contributed by atoms with Crippen LogP contribution in [0.15, 0.2) is 36.4 Å². The second-order valence-corrected chi connectivity index (χ2v) is 5.72. The van der Waals surface area contributed by atoms with Crippen LogP contribution in [-0.4, -0.2) is 42.9 Å². The molecule has 0 fully saturated rings. The summed E-state index contributed by atoms with van der Waals surface area (Å²) in [5, 5.41) is 4.98. The van der Waals surface area contributed by atoms with Crippen LogP contribution in [0.25, 0.3) is 10.8 Å². The fourth-order valence-corrected chi connectivity index (χ4v) is 3.00. The minimum atomic E-state index is -0.193. The van der Waals surface area contributed by atoms with Crippen molar-refractivity contribution in [3.05, 3.63) is 47.5 Å². The Kier molecular flexibility index (Phi) is 4.69. The zero-order chi connectivity index (χ0) is 16.2. The van der Waals surface area contributed by atoms with Crippen molar-refractivity contribution in [2.24, 2.45) is 5.73 Å². The molecule has 3 rings (SSSR count). The highest BCUT2D eigenvalue weighted by Crippen LogP contribution is 2.29. The molecule has 2 aromatic carbocycles. The third-order valence-electron chi connectivity index (χ3n) is 4.15. The first kappa shape index (κ1) is 15.6. The van der Waals surface area contributed by atoms with Crippen LogP contribution in [0.3, 0.4) is 0 Å². The van der Waals surface area contributed by atoms with Gasteiger partial charge in [-0.15, -0.1) is 0 Å². The minimum Gasteiger partial charge on any atom is -0.330 e. The second-order valence-electron chi connectivity index (χ2n) is 5.72. The zero-order valence-corrected chi connectivity index (χ0v) is 13.0. The van der Waals surface area contributed by atoms with Crippen LogP contribution in [0.2, 0.25) is 0 Å². The molecule has 0 saturated heterocycles. The van der Waals surface area contributed by atoms with E-state index in [0.29, 0.717) is 24.2 Å². The average molecular weight is 311 g/mol. The lowest BCUT2D eigenvalue weighted by atomic mass is 9.94. The summed E-state index contributed by atoms with van der Waals surface area (Å²) in [6.07, 6.45) is 1.66. The summed E-state index contributed by atoms with van der Waals surface area (Å²) in [5.41, 5.74) is 6.68. The molecule has 5 nitrogen and oxygen atoms in total. The van der Waals surface area contributed by atoms with Crippen LogP contribution in [0.4, 0.5) is 0 Å². The number of hydrogen-bond acceptors (Lipinski definition) is 4. The summed E-state index contributed by atoms with van der Waals surface area (Å²) in [5.74, 6) is -0.387. The maximum atomic E-state index is 12.6. The largest absolute Gasteiger partial charge is 0.330 e. The van der Waals surface area contributed by atoms with Crippen LogP contribution in [0.1, 0.15) is 33.6 Å². The van der Waals surface area contributed by atoms with Gasteiger partial charge in [0.1, 0.15) is 0 Å². The summed E-state index contributed by atoms with van der Waals surface area (Å²) in [6, 6.07) is 11.2. The molecule has 0 radical (unpaired) electrons. The van der Waals surface area contributed by atoms with E-state index in [1.807, 2.05) is 24.3 Å². The first-order valence-corrected chi connectivity index (χ1v) is 8.03. The number of nitrogens with two attached hydrogens (primary N) is 1. The lowest BCUT2D eigenvalue weighted by Crippen LogP contribution is -2.41. The first-order chi connectivity index (χ1) is 11.2. The molecular formula is C18H21N3O2.